The van der Waals surface area contributed by atoms with Gasteiger partial charge in [-0.1, -0.05) is 237 Å². The molecule has 0 amide bonds. The Labute approximate surface area is 503 Å². The second-order valence-corrected chi connectivity index (χ2v) is 23.4. The van der Waals surface area contributed by atoms with E-state index < -0.39 is 5.41 Å². The van der Waals surface area contributed by atoms with Crippen LogP contribution >= 0.6 is 0 Å². The van der Waals surface area contributed by atoms with Crippen LogP contribution < -0.4 is 9.80 Å². The second kappa shape index (κ2) is 18.9. The summed E-state index contributed by atoms with van der Waals surface area (Å²) in [6.45, 7) is 4.35. The van der Waals surface area contributed by atoms with Crippen molar-refractivity contribution in [3.63, 3.8) is 0 Å². The Bertz CT molecular complexity index is 5470. The number of furan rings is 2. The van der Waals surface area contributed by atoms with E-state index in [9.17, 15) is 0 Å². The summed E-state index contributed by atoms with van der Waals surface area (Å²) in [6, 6.07) is 107. The lowest BCUT2D eigenvalue weighted by Crippen LogP contribution is -2.26. The minimum absolute atomic E-state index is 0.707. The predicted molar refractivity (Wildman–Crippen MR) is 362 cm³/mol. The van der Waals surface area contributed by atoms with Gasteiger partial charge in [-0.3, -0.25) is 0 Å². The van der Waals surface area contributed by atoms with E-state index in [4.69, 9.17) is 8.83 Å². The van der Waals surface area contributed by atoms with E-state index in [-0.39, 0.29) is 0 Å². The molecule has 14 aromatic carbocycles. The van der Waals surface area contributed by atoms with E-state index in [2.05, 4.69) is 315 Å². The van der Waals surface area contributed by atoms with Crippen LogP contribution in [0.15, 0.2) is 300 Å². The third-order valence-electron chi connectivity index (χ3n) is 18.9. The second-order valence-electron chi connectivity index (χ2n) is 23.4. The lowest BCUT2D eigenvalue weighted by molar-refractivity contribution is 0.670. The van der Waals surface area contributed by atoms with Crippen LogP contribution in [0, 0.1) is 13.8 Å². The molecule has 0 saturated heterocycles. The third-order valence-corrected chi connectivity index (χ3v) is 18.9. The quantitative estimate of drug-likeness (QED) is 0.152. The first-order valence-corrected chi connectivity index (χ1v) is 30.1. The van der Waals surface area contributed by atoms with Crippen LogP contribution in [-0.4, -0.2) is 0 Å². The standard InChI is InChI=1S/C83H54N2O2/c1-51-23-9-11-29-57(51)64-35-19-37-66-68-39-21-43-74(81(68)86-79(64)66)84(54-25-5-3-6-26-54)56-46-48-59-53(49-56)45-47-70-77-63-34-14-13-33-62(63)76(50-73(77)83(78(59)70)71-41-17-15-31-60(71)61-32-16-18-42-72(61)83)85(55-27-7-4-8-28-55)75-44-22-40-69-67-38-20-36-65(80(67)87-82(69)75)58-30-12-10-24-52(58)2/h3-50H,1-2H3. The number of nitrogens with zero attached hydrogens (tertiary/aromatic N) is 2. The molecule has 0 bridgehead atoms. The summed E-state index contributed by atoms with van der Waals surface area (Å²) in [7, 11) is 0. The predicted octanol–water partition coefficient (Wildman–Crippen LogP) is 23.0. The fourth-order valence-corrected chi connectivity index (χ4v) is 15.3. The smallest absolute Gasteiger partial charge is 0.159 e. The molecular weight excluding hydrogens is 1060 g/mol. The Hall–Kier alpha value is -11.2. The molecule has 0 N–H and O–H groups in total. The summed E-state index contributed by atoms with van der Waals surface area (Å²) < 4.78 is 14.5. The minimum atomic E-state index is -0.707. The molecule has 2 aliphatic carbocycles. The van der Waals surface area contributed by atoms with Crippen LogP contribution in [0.2, 0.25) is 0 Å². The van der Waals surface area contributed by atoms with Gasteiger partial charge in [0.1, 0.15) is 11.2 Å². The van der Waals surface area contributed by atoms with E-state index in [1.807, 2.05) is 0 Å². The zero-order chi connectivity index (χ0) is 57.5. The Morgan fingerprint density at radius 3 is 1.29 bits per heavy atom. The van der Waals surface area contributed by atoms with Crippen molar-refractivity contribution in [1.82, 2.24) is 0 Å². The molecule has 2 aliphatic rings. The Morgan fingerprint density at radius 1 is 0.264 bits per heavy atom. The van der Waals surface area contributed by atoms with Gasteiger partial charge in [-0.15, -0.1) is 0 Å². The molecule has 0 unspecified atom stereocenters. The van der Waals surface area contributed by atoms with Crippen LogP contribution in [0.3, 0.4) is 0 Å². The molecule has 0 aliphatic heterocycles. The molecule has 2 aromatic heterocycles. The van der Waals surface area contributed by atoms with Crippen molar-refractivity contribution in [2.45, 2.75) is 19.3 Å². The van der Waals surface area contributed by atoms with Gasteiger partial charge in [0.2, 0.25) is 0 Å². The SMILES string of the molecule is Cc1ccccc1-c1cccc2c1oc1c(N(c3ccccc3)c3ccc4c5c(ccc4c3)-c3c(cc(N(c4ccccc4)c4cccc6c4oc4c(-c7ccccc7C)cccc46)c4ccccc34)C53c4ccccc4-c4ccccc43)cccc12. The van der Waals surface area contributed by atoms with E-state index in [0.717, 1.165) is 99.9 Å². The summed E-state index contributed by atoms with van der Waals surface area (Å²) in [4.78, 5) is 4.83. The number of hydrogen-bond acceptors (Lipinski definition) is 4. The highest BCUT2D eigenvalue weighted by atomic mass is 16.3. The number of anilines is 6. The molecule has 4 nitrogen and oxygen atoms in total. The van der Waals surface area contributed by atoms with Crippen LogP contribution in [0.5, 0.6) is 0 Å². The monoisotopic (exact) mass is 1110 g/mol. The van der Waals surface area contributed by atoms with Crippen molar-refractivity contribution in [1.29, 1.82) is 0 Å². The molecule has 18 rings (SSSR count). The molecule has 87 heavy (non-hydrogen) atoms. The fourth-order valence-electron chi connectivity index (χ4n) is 15.3. The topological polar surface area (TPSA) is 32.8 Å². The summed E-state index contributed by atoms with van der Waals surface area (Å²) in [5.41, 5.74) is 25.9. The minimum Gasteiger partial charge on any atom is -0.453 e. The number of fused-ring (bicyclic) bond motifs is 20. The molecule has 408 valence electrons. The molecule has 2 heterocycles. The number of benzene rings is 14. The molecule has 16 aromatic rings. The van der Waals surface area contributed by atoms with Crippen molar-refractivity contribution in [2.75, 3.05) is 9.80 Å². The maximum absolute atomic E-state index is 7.33. The maximum atomic E-state index is 7.33. The van der Waals surface area contributed by atoms with Crippen LogP contribution in [0.4, 0.5) is 34.1 Å². The maximum Gasteiger partial charge on any atom is 0.159 e. The number of hydrogen-bond donors (Lipinski definition) is 0. The first-order chi connectivity index (χ1) is 43.0. The highest BCUT2D eigenvalue weighted by molar-refractivity contribution is 6.19. The summed E-state index contributed by atoms with van der Waals surface area (Å²) >= 11 is 0. The lowest BCUT2D eigenvalue weighted by Gasteiger charge is -2.33. The zero-order valence-corrected chi connectivity index (χ0v) is 47.9. The van der Waals surface area contributed by atoms with Gasteiger partial charge in [0.25, 0.3) is 0 Å². The third kappa shape index (κ3) is 7.01. The molecule has 0 saturated carbocycles. The molecule has 0 radical (unpaired) electrons. The van der Waals surface area contributed by atoms with E-state index >= 15 is 0 Å². The molecule has 0 fully saturated rings. The Morgan fingerprint density at radius 2 is 0.713 bits per heavy atom. The van der Waals surface area contributed by atoms with Crippen molar-refractivity contribution in [3.8, 4) is 44.5 Å². The highest BCUT2D eigenvalue weighted by Gasteiger charge is 2.53. The van der Waals surface area contributed by atoms with Crippen LogP contribution in [-0.2, 0) is 5.41 Å². The van der Waals surface area contributed by atoms with E-state index in [1.54, 1.807) is 0 Å². The molecular formula is C83H54N2O2. The summed E-state index contributed by atoms with van der Waals surface area (Å²) in [5.74, 6) is 0. The Kier molecular flexibility index (Phi) is 10.7. The van der Waals surface area contributed by atoms with Crippen molar-refractivity contribution >= 4 is 99.5 Å². The first kappa shape index (κ1) is 49.2. The number of para-hydroxylation sites is 6. The average molecular weight is 1110 g/mol. The van der Waals surface area contributed by atoms with E-state index in [1.165, 1.54) is 77.5 Å². The van der Waals surface area contributed by atoms with Crippen molar-refractivity contribution in [3.05, 3.63) is 325 Å². The van der Waals surface area contributed by atoms with E-state index in [0.29, 0.717) is 0 Å². The molecule has 1 spiro atoms. The first-order valence-electron chi connectivity index (χ1n) is 30.1. The average Bonchev–Trinajstić information content (AvgIpc) is 1.51. The number of rotatable bonds is 8. The van der Waals surface area contributed by atoms with Crippen molar-refractivity contribution in [2.24, 2.45) is 0 Å². The fraction of sp³-hybridized carbons (Fsp3) is 0.0361. The molecule has 0 atom stereocenters. The van der Waals surface area contributed by atoms with Gasteiger partial charge in [0.15, 0.2) is 11.2 Å². The lowest BCUT2D eigenvalue weighted by atomic mass is 9.69. The number of aryl methyl sites for hydroxylation is 2. The zero-order valence-electron chi connectivity index (χ0n) is 47.9. The molecule has 4 heteroatoms. The van der Waals surface area contributed by atoms with Gasteiger partial charge in [0.05, 0.1) is 22.5 Å². The van der Waals surface area contributed by atoms with Crippen LogP contribution in [0.25, 0.3) is 110 Å². The van der Waals surface area contributed by atoms with Crippen molar-refractivity contribution < 1.29 is 8.83 Å². The summed E-state index contributed by atoms with van der Waals surface area (Å²) in [5, 5.41) is 9.04. The normalized spacial score (nSPS) is 12.8. The van der Waals surface area contributed by atoms with Gasteiger partial charge in [-0.05, 0) is 151 Å². The Balaban J connectivity index is 0.886. The highest BCUT2D eigenvalue weighted by Crippen LogP contribution is 2.66. The van der Waals surface area contributed by atoms with Gasteiger partial charge >= 0.3 is 0 Å². The summed E-state index contributed by atoms with van der Waals surface area (Å²) in [6.07, 6.45) is 0. The van der Waals surface area contributed by atoms with Gasteiger partial charge < -0.3 is 18.6 Å². The van der Waals surface area contributed by atoms with Gasteiger partial charge in [-0.25, -0.2) is 0 Å². The van der Waals surface area contributed by atoms with Crippen LogP contribution in [0.1, 0.15) is 33.4 Å². The largest absolute Gasteiger partial charge is 0.453 e. The van der Waals surface area contributed by atoms with Gasteiger partial charge in [0, 0.05) is 55.1 Å². The van der Waals surface area contributed by atoms with Gasteiger partial charge in [-0.2, -0.15) is 0 Å².